The van der Waals surface area contributed by atoms with Crippen LogP contribution >= 0.6 is 23.4 Å². The second-order valence-corrected chi connectivity index (χ2v) is 5.10. The maximum absolute atomic E-state index is 5.98. The third kappa shape index (κ3) is 3.09. The third-order valence-electron chi connectivity index (χ3n) is 2.41. The van der Waals surface area contributed by atoms with E-state index in [0.717, 1.165) is 16.2 Å². The fourth-order valence-corrected chi connectivity index (χ4v) is 2.63. The standard InChI is InChI=1S/C13H13ClN2OS/c1-17-13-9(3-2-6-16-13)8-18-10-4-5-12(15)11(14)7-10/h2-7H,8,15H2,1H3. The quantitative estimate of drug-likeness (QED) is 0.686. The number of hydrogen-bond donors (Lipinski definition) is 1. The molecule has 3 nitrogen and oxygen atoms in total. The summed E-state index contributed by atoms with van der Waals surface area (Å²) in [5.74, 6) is 1.43. The molecular weight excluding hydrogens is 268 g/mol. The van der Waals surface area contributed by atoms with Gasteiger partial charge in [0.25, 0.3) is 0 Å². The lowest BCUT2D eigenvalue weighted by Crippen LogP contribution is -1.93. The summed E-state index contributed by atoms with van der Waals surface area (Å²) in [5.41, 5.74) is 7.32. The minimum absolute atomic E-state index is 0.582. The Morgan fingerprint density at radius 2 is 2.22 bits per heavy atom. The normalized spacial score (nSPS) is 10.3. The zero-order valence-electron chi connectivity index (χ0n) is 9.89. The van der Waals surface area contributed by atoms with Crippen LogP contribution in [0, 0.1) is 0 Å². The molecule has 0 bridgehead atoms. The summed E-state index contributed by atoms with van der Waals surface area (Å²) in [6.45, 7) is 0. The molecule has 0 amide bonds. The van der Waals surface area contributed by atoms with Crippen LogP contribution in [0.1, 0.15) is 5.56 Å². The molecule has 94 valence electrons. The molecule has 2 N–H and O–H groups in total. The molecule has 0 aliphatic heterocycles. The number of halogens is 1. The van der Waals surface area contributed by atoms with E-state index in [1.165, 1.54) is 0 Å². The predicted molar refractivity (Wildman–Crippen MR) is 76.2 cm³/mol. The Morgan fingerprint density at radius 3 is 2.94 bits per heavy atom. The van der Waals surface area contributed by atoms with E-state index in [-0.39, 0.29) is 0 Å². The number of nitrogens with two attached hydrogens (primary N) is 1. The molecule has 0 saturated carbocycles. The van der Waals surface area contributed by atoms with E-state index >= 15 is 0 Å². The summed E-state index contributed by atoms with van der Waals surface area (Å²) >= 11 is 7.64. The number of nitrogens with zero attached hydrogens (tertiary/aromatic N) is 1. The number of nitrogen functional groups attached to an aromatic ring is 1. The highest BCUT2D eigenvalue weighted by molar-refractivity contribution is 7.98. The maximum atomic E-state index is 5.98. The average Bonchev–Trinajstić information content (AvgIpc) is 2.40. The van der Waals surface area contributed by atoms with Crippen LogP contribution in [0.2, 0.25) is 5.02 Å². The van der Waals surface area contributed by atoms with E-state index in [0.29, 0.717) is 16.6 Å². The molecule has 18 heavy (non-hydrogen) atoms. The highest BCUT2D eigenvalue weighted by atomic mass is 35.5. The lowest BCUT2D eigenvalue weighted by Gasteiger charge is -2.07. The van der Waals surface area contributed by atoms with Crippen molar-refractivity contribution < 1.29 is 4.74 Å². The van der Waals surface area contributed by atoms with Gasteiger partial charge in [-0.15, -0.1) is 11.8 Å². The van der Waals surface area contributed by atoms with Gasteiger partial charge in [0.1, 0.15) is 0 Å². The molecule has 1 aromatic carbocycles. The molecular formula is C13H13ClN2OS. The van der Waals surface area contributed by atoms with Gasteiger partial charge in [0.2, 0.25) is 5.88 Å². The number of pyridine rings is 1. The van der Waals surface area contributed by atoms with Crippen LogP contribution in [0.4, 0.5) is 5.69 Å². The molecule has 2 rings (SSSR count). The summed E-state index contributed by atoms with van der Waals surface area (Å²) in [7, 11) is 1.62. The highest BCUT2D eigenvalue weighted by Crippen LogP contribution is 2.30. The first-order valence-electron chi connectivity index (χ1n) is 5.36. The summed E-state index contributed by atoms with van der Waals surface area (Å²) < 4.78 is 5.21. The van der Waals surface area contributed by atoms with Crippen molar-refractivity contribution in [3.05, 3.63) is 47.1 Å². The molecule has 0 spiro atoms. The second-order valence-electron chi connectivity index (χ2n) is 3.64. The molecule has 0 radical (unpaired) electrons. The third-order valence-corrected chi connectivity index (χ3v) is 3.78. The van der Waals surface area contributed by atoms with E-state index < -0.39 is 0 Å². The van der Waals surface area contributed by atoms with Crippen LogP contribution < -0.4 is 10.5 Å². The van der Waals surface area contributed by atoms with Gasteiger partial charge in [-0.25, -0.2) is 4.98 Å². The fourth-order valence-electron chi connectivity index (χ4n) is 1.48. The lowest BCUT2D eigenvalue weighted by atomic mass is 10.3. The van der Waals surface area contributed by atoms with Crippen LogP contribution in [-0.4, -0.2) is 12.1 Å². The van der Waals surface area contributed by atoms with Crippen LogP contribution in [0.15, 0.2) is 41.4 Å². The van der Waals surface area contributed by atoms with Gasteiger partial charge in [-0.2, -0.15) is 0 Å². The molecule has 0 unspecified atom stereocenters. The summed E-state index contributed by atoms with van der Waals surface area (Å²) in [4.78, 5) is 5.23. The van der Waals surface area contributed by atoms with Gasteiger partial charge in [0.05, 0.1) is 17.8 Å². The first-order chi connectivity index (χ1) is 8.70. The number of aromatic nitrogens is 1. The fraction of sp³-hybridized carbons (Fsp3) is 0.154. The van der Waals surface area contributed by atoms with E-state index in [1.807, 2.05) is 30.3 Å². The van der Waals surface area contributed by atoms with Gasteiger partial charge >= 0.3 is 0 Å². The van der Waals surface area contributed by atoms with Crippen molar-refractivity contribution in [1.29, 1.82) is 0 Å². The van der Waals surface area contributed by atoms with E-state index in [2.05, 4.69) is 4.98 Å². The Morgan fingerprint density at radius 1 is 1.39 bits per heavy atom. The maximum Gasteiger partial charge on any atom is 0.217 e. The number of thioether (sulfide) groups is 1. The van der Waals surface area contributed by atoms with Crippen LogP contribution in [0.5, 0.6) is 5.88 Å². The van der Waals surface area contributed by atoms with Gasteiger partial charge in [-0.1, -0.05) is 17.7 Å². The number of ether oxygens (including phenoxy) is 1. The molecule has 0 atom stereocenters. The molecule has 5 heteroatoms. The van der Waals surface area contributed by atoms with Crippen molar-refractivity contribution in [3.8, 4) is 5.88 Å². The van der Waals surface area contributed by atoms with E-state index in [4.69, 9.17) is 22.1 Å². The molecule has 1 aromatic heterocycles. The Labute approximate surface area is 115 Å². The van der Waals surface area contributed by atoms with E-state index in [9.17, 15) is 0 Å². The minimum atomic E-state index is 0.582. The van der Waals surface area contributed by atoms with Crippen molar-refractivity contribution in [2.75, 3.05) is 12.8 Å². The molecule has 0 aliphatic carbocycles. The van der Waals surface area contributed by atoms with Crippen molar-refractivity contribution in [1.82, 2.24) is 4.98 Å². The van der Waals surface area contributed by atoms with E-state index in [1.54, 1.807) is 25.1 Å². The van der Waals surface area contributed by atoms with Gasteiger partial charge in [0.15, 0.2) is 0 Å². The number of rotatable bonds is 4. The van der Waals surface area contributed by atoms with Crippen LogP contribution in [-0.2, 0) is 5.75 Å². The summed E-state index contributed by atoms with van der Waals surface area (Å²) in [5, 5.41) is 0.582. The molecule has 1 heterocycles. The Bertz CT molecular complexity index is 548. The SMILES string of the molecule is COc1ncccc1CSc1ccc(N)c(Cl)c1. The zero-order valence-corrected chi connectivity index (χ0v) is 11.5. The lowest BCUT2D eigenvalue weighted by molar-refractivity contribution is 0.394. The second kappa shape index (κ2) is 5.98. The zero-order chi connectivity index (χ0) is 13.0. The largest absolute Gasteiger partial charge is 0.481 e. The first kappa shape index (κ1) is 13.1. The smallest absolute Gasteiger partial charge is 0.217 e. The van der Waals surface area contributed by atoms with Gasteiger partial charge in [-0.3, -0.25) is 0 Å². The Kier molecular flexibility index (Phi) is 4.33. The summed E-state index contributed by atoms with van der Waals surface area (Å²) in [6.07, 6.45) is 1.72. The number of methoxy groups -OCH3 is 1. The number of anilines is 1. The minimum Gasteiger partial charge on any atom is -0.481 e. The molecule has 0 aliphatic rings. The van der Waals surface area contributed by atoms with Crippen molar-refractivity contribution in [2.24, 2.45) is 0 Å². The number of hydrogen-bond acceptors (Lipinski definition) is 4. The molecule has 2 aromatic rings. The topological polar surface area (TPSA) is 48.1 Å². The summed E-state index contributed by atoms with van der Waals surface area (Å²) in [6, 6.07) is 9.52. The molecule has 0 saturated heterocycles. The van der Waals surface area contributed by atoms with Crippen molar-refractivity contribution >= 4 is 29.1 Å². The Balaban J connectivity index is 2.09. The predicted octanol–water partition coefficient (Wildman–Crippen LogP) is 3.62. The van der Waals surface area contributed by atoms with Crippen LogP contribution in [0.3, 0.4) is 0 Å². The van der Waals surface area contributed by atoms with Crippen LogP contribution in [0.25, 0.3) is 0 Å². The van der Waals surface area contributed by atoms with Crippen molar-refractivity contribution in [2.45, 2.75) is 10.6 Å². The monoisotopic (exact) mass is 280 g/mol. The van der Waals surface area contributed by atoms with Gasteiger partial charge in [0, 0.05) is 22.4 Å². The van der Waals surface area contributed by atoms with Crippen molar-refractivity contribution in [3.63, 3.8) is 0 Å². The average molecular weight is 281 g/mol. The Hall–Kier alpha value is -1.39. The van der Waals surface area contributed by atoms with Gasteiger partial charge in [-0.05, 0) is 24.3 Å². The van der Waals surface area contributed by atoms with Gasteiger partial charge < -0.3 is 10.5 Å². The first-order valence-corrected chi connectivity index (χ1v) is 6.73. The highest BCUT2D eigenvalue weighted by Gasteiger charge is 2.05. The molecule has 0 fully saturated rings. The number of benzene rings is 1.